The van der Waals surface area contributed by atoms with E-state index in [0.717, 1.165) is 19.5 Å². The largest absolute Gasteiger partial charge is 0.342 e. The molecule has 1 fully saturated rings. The van der Waals surface area contributed by atoms with Crippen LogP contribution in [0.3, 0.4) is 0 Å². The van der Waals surface area contributed by atoms with Crippen LogP contribution in [0.1, 0.15) is 25.3 Å². The third kappa shape index (κ3) is 3.22. The molecule has 0 aromatic heterocycles. The first-order valence-corrected chi connectivity index (χ1v) is 6.66. The molecule has 0 radical (unpaired) electrons. The Hall–Kier alpha value is -1.09. The summed E-state index contributed by atoms with van der Waals surface area (Å²) in [5.74, 6) is 0.140. The highest BCUT2D eigenvalue weighted by molar-refractivity contribution is 6.30. The van der Waals surface area contributed by atoms with E-state index in [9.17, 15) is 9.18 Å². The molecule has 4 heteroatoms. The molecule has 0 N–H and O–H groups in total. The summed E-state index contributed by atoms with van der Waals surface area (Å²) in [5.41, 5.74) is 0.419. The Kier molecular flexibility index (Phi) is 4.23. The van der Waals surface area contributed by atoms with Crippen LogP contribution in [0.15, 0.2) is 18.2 Å². The van der Waals surface area contributed by atoms with Gasteiger partial charge < -0.3 is 4.90 Å². The quantitative estimate of drug-likeness (QED) is 0.807. The average molecular weight is 270 g/mol. The van der Waals surface area contributed by atoms with Gasteiger partial charge in [0.1, 0.15) is 5.82 Å². The number of carbonyl (C=O) groups excluding carboxylic acids is 1. The van der Waals surface area contributed by atoms with Crippen LogP contribution in [0.4, 0.5) is 4.39 Å². The van der Waals surface area contributed by atoms with Crippen molar-refractivity contribution in [2.45, 2.75) is 26.2 Å². The Morgan fingerprint density at radius 2 is 2.33 bits per heavy atom. The zero-order valence-electron chi connectivity index (χ0n) is 10.5. The van der Waals surface area contributed by atoms with Gasteiger partial charge in [-0.15, -0.1) is 0 Å². The van der Waals surface area contributed by atoms with Crippen LogP contribution in [0, 0.1) is 11.7 Å². The van der Waals surface area contributed by atoms with Gasteiger partial charge in [-0.25, -0.2) is 4.39 Å². The van der Waals surface area contributed by atoms with Crippen molar-refractivity contribution in [3.05, 3.63) is 34.6 Å². The number of hydrogen-bond acceptors (Lipinski definition) is 1. The molecule has 0 aliphatic carbocycles. The number of carbonyl (C=O) groups is 1. The second kappa shape index (κ2) is 5.70. The van der Waals surface area contributed by atoms with Gasteiger partial charge in [-0.3, -0.25) is 4.79 Å². The van der Waals surface area contributed by atoms with Crippen LogP contribution < -0.4 is 0 Å². The Labute approximate surface area is 112 Å². The van der Waals surface area contributed by atoms with Crippen LogP contribution in [0.2, 0.25) is 5.02 Å². The number of likely N-dealkylation sites (tertiary alicyclic amines) is 1. The van der Waals surface area contributed by atoms with Crippen molar-refractivity contribution in [3.63, 3.8) is 0 Å². The van der Waals surface area contributed by atoms with E-state index in [4.69, 9.17) is 11.6 Å². The molecule has 0 bridgehead atoms. The van der Waals surface area contributed by atoms with Crippen molar-refractivity contribution < 1.29 is 9.18 Å². The van der Waals surface area contributed by atoms with Crippen LogP contribution in [0.5, 0.6) is 0 Å². The number of piperidine rings is 1. The first-order valence-electron chi connectivity index (χ1n) is 6.28. The molecule has 1 atom stereocenters. The lowest BCUT2D eigenvalue weighted by Gasteiger charge is -2.31. The summed E-state index contributed by atoms with van der Waals surface area (Å²) < 4.78 is 13.6. The molecule has 0 saturated carbocycles. The molecule has 0 spiro atoms. The van der Waals surface area contributed by atoms with Gasteiger partial charge in [0.05, 0.1) is 6.42 Å². The maximum atomic E-state index is 13.6. The van der Waals surface area contributed by atoms with E-state index in [-0.39, 0.29) is 12.3 Å². The summed E-state index contributed by atoms with van der Waals surface area (Å²) in [5, 5.41) is 0.357. The summed E-state index contributed by atoms with van der Waals surface area (Å²) in [7, 11) is 0. The molecule has 1 aliphatic heterocycles. The second-order valence-electron chi connectivity index (χ2n) is 5.00. The number of rotatable bonds is 2. The average Bonchev–Trinajstić information content (AvgIpc) is 2.32. The van der Waals surface area contributed by atoms with Gasteiger partial charge in [0.15, 0.2) is 0 Å². The normalized spacial score (nSPS) is 19.9. The highest BCUT2D eigenvalue weighted by Crippen LogP contribution is 2.19. The topological polar surface area (TPSA) is 20.3 Å². The zero-order valence-corrected chi connectivity index (χ0v) is 11.2. The minimum atomic E-state index is -0.402. The van der Waals surface area contributed by atoms with Crippen molar-refractivity contribution in [2.24, 2.45) is 5.92 Å². The van der Waals surface area contributed by atoms with E-state index >= 15 is 0 Å². The molecule has 1 aromatic carbocycles. The maximum absolute atomic E-state index is 13.6. The van der Waals surface area contributed by atoms with E-state index in [1.54, 1.807) is 12.1 Å². The van der Waals surface area contributed by atoms with Crippen LogP contribution in [-0.2, 0) is 11.2 Å². The van der Waals surface area contributed by atoms with Crippen LogP contribution >= 0.6 is 11.6 Å². The fraction of sp³-hybridized carbons (Fsp3) is 0.500. The SMILES string of the molecule is C[C@H]1CCCN(C(=O)Cc2ccc(Cl)cc2F)C1. The summed E-state index contributed by atoms with van der Waals surface area (Å²) in [6.45, 7) is 3.72. The molecule has 1 saturated heterocycles. The fourth-order valence-electron chi connectivity index (χ4n) is 2.36. The lowest BCUT2D eigenvalue weighted by molar-refractivity contribution is -0.132. The molecular weight excluding hydrogens is 253 g/mol. The van der Waals surface area contributed by atoms with Crippen molar-refractivity contribution in [1.82, 2.24) is 4.90 Å². The highest BCUT2D eigenvalue weighted by atomic mass is 35.5. The van der Waals surface area contributed by atoms with E-state index in [0.29, 0.717) is 16.5 Å². The van der Waals surface area contributed by atoms with Crippen molar-refractivity contribution >= 4 is 17.5 Å². The molecule has 98 valence electrons. The van der Waals surface area contributed by atoms with Crippen molar-refractivity contribution in [3.8, 4) is 0 Å². The summed E-state index contributed by atoms with van der Waals surface area (Å²) in [6.07, 6.45) is 2.32. The zero-order chi connectivity index (χ0) is 13.1. The molecule has 18 heavy (non-hydrogen) atoms. The van der Waals surface area contributed by atoms with E-state index < -0.39 is 5.82 Å². The van der Waals surface area contributed by atoms with Gasteiger partial charge in [0.2, 0.25) is 5.91 Å². The fourth-order valence-corrected chi connectivity index (χ4v) is 2.51. The predicted octanol–water partition coefficient (Wildman–Crippen LogP) is 3.28. The van der Waals surface area contributed by atoms with Gasteiger partial charge in [0.25, 0.3) is 0 Å². The number of nitrogens with zero attached hydrogens (tertiary/aromatic N) is 1. The highest BCUT2D eigenvalue weighted by Gasteiger charge is 2.21. The smallest absolute Gasteiger partial charge is 0.227 e. The van der Waals surface area contributed by atoms with E-state index in [2.05, 4.69) is 6.92 Å². The standard InChI is InChI=1S/C14H17ClFNO/c1-10-3-2-6-17(9-10)14(18)7-11-4-5-12(15)8-13(11)16/h4-5,8,10H,2-3,6-7,9H2,1H3/t10-/m0/s1. The minimum Gasteiger partial charge on any atom is -0.342 e. The lowest BCUT2D eigenvalue weighted by Crippen LogP contribution is -2.40. The van der Waals surface area contributed by atoms with Crippen molar-refractivity contribution in [2.75, 3.05) is 13.1 Å². The molecular formula is C14H17ClFNO. The number of hydrogen-bond donors (Lipinski definition) is 0. The molecule has 1 aromatic rings. The molecule has 0 unspecified atom stereocenters. The maximum Gasteiger partial charge on any atom is 0.227 e. The Balaban J connectivity index is 2.02. The Bertz CT molecular complexity index is 449. The van der Waals surface area contributed by atoms with E-state index in [1.165, 1.54) is 12.5 Å². The molecule has 1 heterocycles. The summed E-state index contributed by atoms with van der Waals surface area (Å²) in [6, 6.07) is 4.46. The lowest BCUT2D eigenvalue weighted by atomic mass is 9.99. The van der Waals surface area contributed by atoms with Gasteiger partial charge >= 0.3 is 0 Å². The molecule has 2 nitrogen and oxygen atoms in total. The minimum absolute atomic E-state index is 0.00257. The summed E-state index contributed by atoms with van der Waals surface area (Å²) >= 11 is 5.69. The molecule has 2 rings (SSSR count). The van der Waals surface area contributed by atoms with Gasteiger partial charge in [0, 0.05) is 18.1 Å². The van der Waals surface area contributed by atoms with Gasteiger partial charge in [-0.05, 0) is 36.5 Å². The van der Waals surface area contributed by atoms with Crippen molar-refractivity contribution in [1.29, 1.82) is 0 Å². The Morgan fingerprint density at radius 1 is 1.56 bits per heavy atom. The molecule has 1 amide bonds. The monoisotopic (exact) mass is 269 g/mol. The van der Waals surface area contributed by atoms with Crippen LogP contribution in [-0.4, -0.2) is 23.9 Å². The third-order valence-corrected chi connectivity index (χ3v) is 3.60. The first-order chi connectivity index (χ1) is 8.56. The van der Waals surface area contributed by atoms with Gasteiger partial charge in [-0.2, -0.15) is 0 Å². The van der Waals surface area contributed by atoms with Gasteiger partial charge in [-0.1, -0.05) is 24.6 Å². The Morgan fingerprint density at radius 3 is 3.00 bits per heavy atom. The number of amides is 1. The second-order valence-corrected chi connectivity index (χ2v) is 5.44. The predicted molar refractivity (Wildman–Crippen MR) is 70.1 cm³/mol. The van der Waals surface area contributed by atoms with Crippen LogP contribution in [0.25, 0.3) is 0 Å². The molecule has 1 aliphatic rings. The number of halogens is 2. The number of benzene rings is 1. The first kappa shape index (κ1) is 13.3. The summed E-state index contributed by atoms with van der Waals surface area (Å²) in [4.78, 5) is 13.9. The van der Waals surface area contributed by atoms with E-state index in [1.807, 2.05) is 4.90 Å². The third-order valence-electron chi connectivity index (χ3n) is 3.37.